The number of imide groups is 1. The third kappa shape index (κ3) is 3.61. The van der Waals surface area contributed by atoms with Crippen molar-refractivity contribution in [1.82, 2.24) is 0 Å². The molecule has 174 valence electrons. The van der Waals surface area contributed by atoms with Crippen molar-refractivity contribution in [2.75, 3.05) is 16.8 Å². The number of hydrogen-bond donors (Lipinski definition) is 1. The monoisotopic (exact) mass is 458 g/mol. The molecule has 2 aromatic rings. The van der Waals surface area contributed by atoms with Crippen LogP contribution in [-0.4, -0.2) is 30.3 Å². The largest absolute Gasteiger partial charge is 0.452 e. The van der Waals surface area contributed by atoms with Crippen molar-refractivity contribution >= 4 is 35.1 Å². The first-order chi connectivity index (χ1) is 16.2. The summed E-state index contributed by atoms with van der Waals surface area (Å²) in [5.41, 5.74) is 4.56. The van der Waals surface area contributed by atoms with Crippen LogP contribution in [0.2, 0.25) is 0 Å². The molecule has 1 aliphatic heterocycles. The number of hydrogen-bond acceptors (Lipinski definition) is 5. The molecule has 1 N–H and O–H groups in total. The van der Waals surface area contributed by atoms with Crippen molar-refractivity contribution < 1.29 is 23.9 Å². The van der Waals surface area contributed by atoms with Gasteiger partial charge in [-0.2, -0.15) is 0 Å². The van der Waals surface area contributed by atoms with Crippen LogP contribution in [0.4, 0.5) is 11.4 Å². The summed E-state index contributed by atoms with van der Waals surface area (Å²) in [4.78, 5) is 51.9. The summed E-state index contributed by atoms with van der Waals surface area (Å²) >= 11 is 0. The number of ether oxygens (including phenoxy) is 1. The lowest BCUT2D eigenvalue weighted by molar-refractivity contribution is -0.123. The summed E-state index contributed by atoms with van der Waals surface area (Å²) in [5, 5.41) is 2.73. The molecule has 34 heavy (non-hydrogen) atoms. The van der Waals surface area contributed by atoms with Gasteiger partial charge in [0, 0.05) is 5.69 Å². The van der Waals surface area contributed by atoms with Gasteiger partial charge in [0.2, 0.25) is 11.8 Å². The highest BCUT2D eigenvalue weighted by Crippen LogP contribution is 2.55. The molecule has 7 nitrogen and oxygen atoms in total. The molecule has 3 amide bonds. The molecule has 7 heteroatoms. The summed E-state index contributed by atoms with van der Waals surface area (Å²) in [5.74, 6) is -1.67. The quantitative estimate of drug-likeness (QED) is 0.418. The maximum Gasteiger partial charge on any atom is 0.338 e. The molecular formula is C27H26N2O5. The summed E-state index contributed by atoms with van der Waals surface area (Å²) in [7, 11) is 0. The lowest BCUT2D eigenvalue weighted by Gasteiger charge is -2.19. The summed E-state index contributed by atoms with van der Waals surface area (Å²) in [6.45, 7) is 5.47. The van der Waals surface area contributed by atoms with Crippen molar-refractivity contribution in [3.63, 3.8) is 0 Å². The zero-order chi connectivity index (χ0) is 24.1. The molecule has 2 bridgehead atoms. The van der Waals surface area contributed by atoms with Crippen molar-refractivity contribution in [1.29, 1.82) is 0 Å². The first-order valence-corrected chi connectivity index (χ1v) is 11.4. The van der Waals surface area contributed by atoms with E-state index in [0.717, 1.165) is 17.5 Å². The Labute approximate surface area is 197 Å². The van der Waals surface area contributed by atoms with Crippen LogP contribution in [0.3, 0.4) is 0 Å². The van der Waals surface area contributed by atoms with Gasteiger partial charge in [-0.3, -0.25) is 19.3 Å². The number of esters is 1. The zero-order valence-electron chi connectivity index (χ0n) is 19.3. The first kappa shape index (κ1) is 22.1. The van der Waals surface area contributed by atoms with Gasteiger partial charge in [0.05, 0.1) is 23.1 Å². The molecule has 1 saturated carbocycles. The van der Waals surface area contributed by atoms with Gasteiger partial charge in [-0.1, -0.05) is 29.3 Å². The Hall–Kier alpha value is -3.74. The minimum atomic E-state index is -0.656. The number of aryl methyl sites for hydroxylation is 2. The Bertz CT molecular complexity index is 1250. The van der Waals surface area contributed by atoms with E-state index in [1.54, 1.807) is 18.2 Å². The predicted octanol–water partition coefficient (Wildman–Crippen LogP) is 3.80. The maximum absolute atomic E-state index is 13.1. The summed E-state index contributed by atoms with van der Waals surface area (Å²) in [6, 6.07) is 11.8. The van der Waals surface area contributed by atoms with E-state index in [1.807, 2.05) is 32.9 Å². The van der Waals surface area contributed by atoms with E-state index in [2.05, 4.69) is 11.4 Å². The standard InChI is InChI=1S/C27H26N2O5/c1-14-4-9-21(16(3)10-14)28-22(30)13-34-27(33)17-5-7-19(8-6-17)29-25(31)23-18-11-15(2)20(12-18)24(23)26(29)32/h4-11,18,20,23-24H,12-13H2,1-3H3,(H,28,30)/t18-,20+,23+,24-/m0/s1. The fraction of sp³-hybridized carbons (Fsp3) is 0.333. The molecule has 0 unspecified atom stereocenters. The fourth-order valence-electron chi connectivity index (χ4n) is 5.63. The molecule has 0 aromatic heterocycles. The van der Waals surface area contributed by atoms with E-state index in [4.69, 9.17) is 4.74 Å². The molecule has 0 spiro atoms. The average molecular weight is 459 g/mol. The highest BCUT2D eigenvalue weighted by molar-refractivity contribution is 6.23. The van der Waals surface area contributed by atoms with Crippen LogP contribution in [-0.2, 0) is 19.1 Å². The number of fused-ring (bicyclic) bond motifs is 5. The number of benzene rings is 2. The number of anilines is 2. The van der Waals surface area contributed by atoms with Gasteiger partial charge >= 0.3 is 5.97 Å². The van der Waals surface area contributed by atoms with E-state index in [-0.39, 0.29) is 41.0 Å². The predicted molar refractivity (Wildman–Crippen MR) is 126 cm³/mol. The molecule has 0 radical (unpaired) electrons. The Morgan fingerprint density at radius 3 is 2.41 bits per heavy atom. The maximum atomic E-state index is 13.1. The van der Waals surface area contributed by atoms with Crippen molar-refractivity contribution in [2.24, 2.45) is 23.7 Å². The summed E-state index contributed by atoms with van der Waals surface area (Å²) in [6.07, 6.45) is 3.02. The van der Waals surface area contributed by atoms with Gasteiger partial charge in [-0.25, -0.2) is 4.79 Å². The Morgan fingerprint density at radius 2 is 1.71 bits per heavy atom. The zero-order valence-corrected chi connectivity index (χ0v) is 19.3. The second-order valence-corrected chi connectivity index (χ2v) is 9.47. The van der Waals surface area contributed by atoms with Crippen molar-refractivity contribution in [3.8, 4) is 0 Å². The number of amides is 3. The van der Waals surface area contributed by atoms with Crippen LogP contribution in [0.1, 0.15) is 34.8 Å². The molecule has 1 saturated heterocycles. The molecule has 3 aliphatic rings. The van der Waals surface area contributed by atoms with Gasteiger partial charge < -0.3 is 10.1 Å². The van der Waals surface area contributed by atoms with Crippen LogP contribution in [0, 0.1) is 37.5 Å². The van der Waals surface area contributed by atoms with Gasteiger partial charge in [0.25, 0.3) is 5.91 Å². The summed E-state index contributed by atoms with van der Waals surface area (Å²) < 4.78 is 5.14. The van der Waals surface area contributed by atoms with Crippen LogP contribution in [0.25, 0.3) is 0 Å². The number of carbonyl (C=O) groups is 4. The highest BCUT2D eigenvalue weighted by Gasteiger charge is 2.60. The number of rotatable bonds is 5. The van der Waals surface area contributed by atoms with Gasteiger partial charge in [0.15, 0.2) is 6.61 Å². The van der Waals surface area contributed by atoms with Gasteiger partial charge in [0.1, 0.15) is 0 Å². The minimum absolute atomic E-state index is 0.139. The van der Waals surface area contributed by atoms with Crippen LogP contribution in [0.5, 0.6) is 0 Å². The fourth-order valence-corrected chi connectivity index (χ4v) is 5.63. The third-order valence-electron chi connectivity index (χ3n) is 7.23. The normalized spacial score (nSPS) is 24.8. The molecule has 2 aromatic carbocycles. The molecule has 2 fully saturated rings. The minimum Gasteiger partial charge on any atom is -0.452 e. The van der Waals surface area contributed by atoms with Crippen molar-refractivity contribution in [3.05, 3.63) is 70.8 Å². The molecular weight excluding hydrogens is 432 g/mol. The number of carbonyl (C=O) groups excluding carboxylic acids is 4. The molecule has 1 heterocycles. The molecule has 5 rings (SSSR count). The van der Waals surface area contributed by atoms with Crippen LogP contribution < -0.4 is 10.2 Å². The molecule has 2 aliphatic carbocycles. The SMILES string of the molecule is CC1=C[C@H]2C[C@H]1[C@@H]1C(=O)N(c3ccc(C(=O)OCC(=O)Nc4ccc(C)cc4C)cc3)C(=O)[C@@H]12. The Morgan fingerprint density at radius 1 is 1.00 bits per heavy atom. The van der Waals surface area contributed by atoms with Gasteiger partial charge in [-0.05, 0) is 74.9 Å². The van der Waals surface area contributed by atoms with E-state index >= 15 is 0 Å². The van der Waals surface area contributed by atoms with E-state index < -0.39 is 18.5 Å². The van der Waals surface area contributed by atoms with E-state index in [9.17, 15) is 19.2 Å². The first-order valence-electron chi connectivity index (χ1n) is 11.4. The third-order valence-corrected chi connectivity index (χ3v) is 7.23. The number of allylic oxidation sites excluding steroid dienone is 2. The second-order valence-electron chi connectivity index (χ2n) is 9.47. The highest BCUT2D eigenvalue weighted by atomic mass is 16.5. The smallest absolute Gasteiger partial charge is 0.338 e. The number of nitrogens with one attached hydrogen (secondary N) is 1. The average Bonchev–Trinajstić information content (AvgIpc) is 3.44. The van der Waals surface area contributed by atoms with E-state index in [1.165, 1.54) is 22.6 Å². The number of nitrogens with zero attached hydrogens (tertiary/aromatic N) is 1. The van der Waals surface area contributed by atoms with E-state index in [0.29, 0.717) is 11.4 Å². The van der Waals surface area contributed by atoms with Crippen LogP contribution in [0.15, 0.2) is 54.1 Å². The Kier molecular flexibility index (Phi) is 5.35. The molecule has 4 atom stereocenters. The van der Waals surface area contributed by atoms with Crippen LogP contribution >= 0.6 is 0 Å². The van der Waals surface area contributed by atoms with Crippen molar-refractivity contribution in [2.45, 2.75) is 27.2 Å². The lowest BCUT2D eigenvalue weighted by atomic mass is 9.82. The topological polar surface area (TPSA) is 92.8 Å². The van der Waals surface area contributed by atoms with Gasteiger partial charge in [-0.15, -0.1) is 0 Å². The second kappa shape index (κ2) is 8.24. The Balaban J connectivity index is 1.21. The lowest BCUT2D eigenvalue weighted by Crippen LogP contribution is -2.33.